The maximum Gasteiger partial charge on any atom is 0.387 e. The van der Waals surface area contributed by atoms with E-state index in [1.165, 1.54) is 37.4 Å². The smallest absolute Gasteiger partial charge is 0.387 e. The van der Waals surface area contributed by atoms with Crippen molar-refractivity contribution in [1.82, 2.24) is 14.8 Å². The van der Waals surface area contributed by atoms with Crippen LogP contribution in [0.4, 0.5) is 8.78 Å². The molecule has 7 nitrogen and oxygen atoms in total. The molecule has 0 aliphatic heterocycles. The summed E-state index contributed by atoms with van der Waals surface area (Å²) in [6.07, 6.45) is 1.91. The number of halogens is 2. The minimum absolute atomic E-state index is 0.0671. The molecule has 1 unspecified atom stereocenters. The molecule has 152 valence electrons. The van der Waals surface area contributed by atoms with Crippen LogP contribution in [0.3, 0.4) is 0 Å². The van der Waals surface area contributed by atoms with Gasteiger partial charge in [0.25, 0.3) is 0 Å². The number of carbonyl (C=O) groups excluding carboxylic acids is 2. The summed E-state index contributed by atoms with van der Waals surface area (Å²) in [6.45, 7) is 2.42. The maximum absolute atomic E-state index is 12.4. The van der Waals surface area contributed by atoms with E-state index in [9.17, 15) is 18.4 Å². The molecule has 29 heavy (non-hydrogen) atoms. The van der Waals surface area contributed by atoms with E-state index in [-0.39, 0.29) is 22.9 Å². The number of fused-ring (bicyclic) bond motifs is 1. The van der Waals surface area contributed by atoms with Crippen molar-refractivity contribution < 1.29 is 27.8 Å². The second-order valence-electron chi connectivity index (χ2n) is 6.63. The van der Waals surface area contributed by atoms with Crippen molar-refractivity contribution in [3.05, 3.63) is 53.9 Å². The van der Waals surface area contributed by atoms with Gasteiger partial charge in [-0.15, -0.1) is 0 Å². The standard InChI is InChI=1S/C20H19F2N3O4/c1-11(2)25-18-14(10-24-25)8-15(9-23-18)19(27)28-12(3)17(26)13-4-6-16(7-5-13)29-20(21)22/h4-12,20H,1-3H3. The highest BCUT2D eigenvalue weighted by Gasteiger charge is 2.21. The van der Waals surface area contributed by atoms with Crippen LogP contribution >= 0.6 is 0 Å². The van der Waals surface area contributed by atoms with Gasteiger partial charge in [0.05, 0.1) is 11.8 Å². The SMILES string of the molecule is CC(OC(=O)c1cnc2c(cnn2C(C)C)c1)C(=O)c1ccc(OC(F)F)cc1. The van der Waals surface area contributed by atoms with Gasteiger partial charge in [-0.05, 0) is 51.1 Å². The molecule has 9 heteroatoms. The van der Waals surface area contributed by atoms with E-state index < -0.39 is 24.5 Å². The monoisotopic (exact) mass is 403 g/mol. The minimum Gasteiger partial charge on any atom is -0.451 e. The molecule has 1 aromatic carbocycles. The summed E-state index contributed by atoms with van der Waals surface area (Å²) in [7, 11) is 0. The van der Waals surface area contributed by atoms with Crippen molar-refractivity contribution in [2.24, 2.45) is 0 Å². The number of Topliss-reactive ketones (excluding diaryl/α,β-unsaturated/α-hetero) is 1. The maximum atomic E-state index is 12.4. The van der Waals surface area contributed by atoms with Crippen molar-refractivity contribution in [3.8, 4) is 5.75 Å². The summed E-state index contributed by atoms with van der Waals surface area (Å²) in [5.74, 6) is -1.23. The van der Waals surface area contributed by atoms with Crippen molar-refractivity contribution in [2.75, 3.05) is 0 Å². The molecule has 0 fully saturated rings. The Kier molecular flexibility index (Phi) is 5.86. The number of esters is 1. The largest absolute Gasteiger partial charge is 0.451 e. The number of nitrogens with zero attached hydrogens (tertiary/aromatic N) is 3. The van der Waals surface area contributed by atoms with Gasteiger partial charge < -0.3 is 9.47 Å². The predicted molar refractivity (Wildman–Crippen MR) is 100 cm³/mol. The summed E-state index contributed by atoms with van der Waals surface area (Å²) in [5, 5.41) is 4.92. The molecule has 0 radical (unpaired) electrons. The molecule has 0 aliphatic rings. The summed E-state index contributed by atoms with van der Waals surface area (Å²) < 4.78 is 35.6. The molecule has 0 N–H and O–H groups in total. The molecule has 0 amide bonds. The van der Waals surface area contributed by atoms with Gasteiger partial charge in [0.15, 0.2) is 11.8 Å². The molecule has 3 rings (SSSR count). The lowest BCUT2D eigenvalue weighted by molar-refractivity contribution is -0.0498. The third-order valence-corrected chi connectivity index (χ3v) is 4.18. The third kappa shape index (κ3) is 4.56. The van der Waals surface area contributed by atoms with E-state index >= 15 is 0 Å². The number of pyridine rings is 1. The van der Waals surface area contributed by atoms with Crippen LogP contribution in [0.1, 0.15) is 47.5 Å². The Morgan fingerprint density at radius 2 is 1.72 bits per heavy atom. The second-order valence-corrected chi connectivity index (χ2v) is 6.63. The fourth-order valence-corrected chi connectivity index (χ4v) is 2.75. The van der Waals surface area contributed by atoms with Gasteiger partial charge in [-0.2, -0.15) is 13.9 Å². The van der Waals surface area contributed by atoms with Crippen molar-refractivity contribution in [3.63, 3.8) is 0 Å². The Hall–Kier alpha value is -3.36. The van der Waals surface area contributed by atoms with Gasteiger partial charge in [0.1, 0.15) is 5.75 Å². The van der Waals surface area contributed by atoms with Gasteiger partial charge in [0, 0.05) is 23.2 Å². The van der Waals surface area contributed by atoms with Gasteiger partial charge in [0.2, 0.25) is 5.78 Å². The second kappa shape index (κ2) is 8.34. The Labute approximate surface area is 165 Å². The quantitative estimate of drug-likeness (QED) is 0.437. The van der Waals surface area contributed by atoms with Gasteiger partial charge >= 0.3 is 12.6 Å². The number of hydrogen-bond acceptors (Lipinski definition) is 6. The molecule has 0 aliphatic carbocycles. The van der Waals surface area contributed by atoms with E-state index in [0.29, 0.717) is 11.0 Å². The van der Waals surface area contributed by atoms with Crippen LogP contribution in [0, 0.1) is 0 Å². The first-order valence-electron chi connectivity index (χ1n) is 8.89. The zero-order chi connectivity index (χ0) is 21.1. The topological polar surface area (TPSA) is 83.3 Å². The number of ether oxygens (including phenoxy) is 2. The van der Waals surface area contributed by atoms with E-state index in [0.717, 1.165) is 0 Å². The number of rotatable bonds is 7. The molecule has 3 aromatic rings. The summed E-state index contributed by atoms with van der Waals surface area (Å²) in [4.78, 5) is 29.1. The fraction of sp³-hybridized carbons (Fsp3) is 0.300. The van der Waals surface area contributed by atoms with Crippen LogP contribution in [0.25, 0.3) is 11.0 Å². The number of carbonyl (C=O) groups is 2. The van der Waals surface area contributed by atoms with Crippen LogP contribution in [0.15, 0.2) is 42.7 Å². The first-order chi connectivity index (χ1) is 13.8. The molecule has 0 saturated heterocycles. The molecule has 0 spiro atoms. The highest BCUT2D eigenvalue weighted by molar-refractivity contribution is 6.01. The van der Waals surface area contributed by atoms with Crippen LogP contribution in [0.5, 0.6) is 5.75 Å². The van der Waals surface area contributed by atoms with Gasteiger partial charge in [-0.1, -0.05) is 0 Å². The van der Waals surface area contributed by atoms with Crippen molar-refractivity contribution in [1.29, 1.82) is 0 Å². The summed E-state index contributed by atoms with van der Waals surface area (Å²) in [6, 6.07) is 6.88. The lowest BCUT2D eigenvalue weighted by Gasteiger charge is -2.13. The number of hydrogen-bond donors (Lipinski definition) is 0. The molecule has 1 atom stereocenters. The highest BCUT2D eigenvalue weighted by Crippen LogP contribution is 2.19. The number of ketones is 1. The third-order valence-electron chi connectivity index (χ3n) is 4.18. The Balaban J connectivity index is 1.69. The van der Waals surface area contributed by atoms with E-state index in [2.05, 4.69) is 14.8 Å². The minimum atomic E-state index is -2.95. The first kappa shape index (κ1) is 20.4. The Bertz CT molecular complexity index is 1030. The molecule has 0 bridgehead atoms. The molecule has 0 saturated carbocycles. The fourth-order valence-electron chi connectivity index (χ4n) is 2.75. The zero-order valence-corrected chi connectivity index (χ0v) is 16.0. The lowest BCUT2D eigenvalue weighted by Crippen LogP contribution is -2.24. The summed E-state index contributed by atoms with van der Waals surface area (Å²) >= 11 is 0. The Morgan fingerprint density at radius 3 is 2.34 bits per heavy atom. The molecule has 2 aromatic heterocycles. The average molecular weight is 403 g/mol. The summed E-state index contributed by atoms with van der Waals surface area (Å²) in [5.41, 5.74) is 1.05. The number of alkyl halides is 2. The highest BCUT2D eigenvalue weighted by atomic mass is 19.3. The van der Waals surface area contributed by atoms with E-state index in [1.807, 2.05) is 13.8 Å². The van der Waals surface area contributed by atoms with Gasteiger partial charge in [-0.3, -0.25) is 4.79 Å². The molecule has 2 heterocycles. The van der Waals surface area contributed by atoms with Crippen LogP contribution in [-0.2, 0) is 4.74 Å². The van der Waals surface area contributed by atoms with Crippen molar-refractivity contribution >= 4 is 22.8 Å². The van der Waals surface area contributed by atoms with E-state index in [4.69, 9.17) is 4.74 Å². The number of aromatic nitrogens is 3. The normalized spacial score (nSPS) is 12.4. The van der Waals surface area contributed by atoms with Crippen molar-refractivity contribution in [2.45, 2.75) is 39.5 Å². The van der Waals surface area contributed by atoms with E-state index in [1.54, 1.807) is 16.9 Å². The predicted octanol–water partition coefficient (Wildman–Crippen LogP) is 4.04. The van der Waals surface area contributed by atoms with Crippen LogP contribution in [-0.4, -0.2) is 39.2 Å². The van der Waals surface area contributed by atoms with Crippen LogP contribution < -0.4 is 4.74 Å². The Morgan fingerprint density at radius 1 is 1.03 bits per heavy atom. The molecular formula is C20H19F2N3O4. The zero-order valence-electron chi connectivity index (χ0n) is 16.0. The lowest BCUT2D eigenvalue weighted by atomic mass is 10.1. The average Bonchev–Trinajstić information content (AvgIpc) is 3.11. The van der Waals surface area contributed by atoms with Crippen LogP contribution in [0.2, 0.25) is 0 Å². The first-order valence-corrected chi connectivity index (χ1v) is 8.89. The number of benzene rings is 1. The molecular weight excluding hydrogens is 384 g/mol. The van der Waals surface area contributed by atoms with Gasteiger partial charge in [-0.25, -0.2) is 14.5 Å².